The molecule has 2 aromatic rings. The van der Waals surface area contributed by atoms with Gasteiger partial charge in [-0.2, -0.15) is 0 Å². The largest absolute Gasteiger partial charge is 0.370 e. The number of halogens is 1. The Bertz CT molecular complexity index is 620. The van der Waals surface area contributed by atoms with Crippen molar-refractivity contribution in [1.82, 2.24) is 4.98 Å². The summed E-state index contributed by atoms with van der Waals surface area (Å²) in [6, 6.07) is 8.07. The molecule has 0 saturated carbocycles. The van der Waals surface area contributed by atoms with Crippen molar-refractivity contribution in [2.45, 2.75) is 33.6 Å². The van der Waals surface area contributed by atoms with Crippen LogP contribution >= 0.6 is 35.3 Å². The number of nitrogens with two attached hydrogens (primary N) is 1. The summed E-state index contributed by atoms with van der Waals surface area (Å²) in [5, 5.41) is 4.23. The Kier molecular flexibility index (Phi) is 7.81. The fourth-order valence-electron chi connectivity index (χ4n) is 2.02. The summed E-state index contributed by atoms with van der Waals surface area (Å²) in [5.41, 5.74) is 9.27. The highest BCUT2D eigenvalue weighted by atomic mass is 127. The van der Waals surface area contributed by atoms with Crippen molar-refractivity contribution in [3.05, 3.63) is 45.4 Å². The number of hydrogen-bond donors (Lipinski definition) is 2. The van der Waals surface area contributed by atoms with Gasteiger partial charge in [-0.3, -0.25) is 4.99 Å². The number of aryl methyl sites for hydroxylation is 3. The molecule has 2 rings (SSSR count). The van der Waals surface area contributed by atoms with E-state index in [1.807, 2.05) is 24.3 Å². The van der Waals surface area contributed by atoms with Crippen LogP contribution < -0.4 is 11.1 Å². The second-order valence-corrected chi connectivity index (χ2v) is 6.26. The summed E-state index contributed by atoms with van der Waals surface area (Å²) in [7, 11) is 0. The zero-order valence-corrected chi connectivity index (χ0v) is 16.4. The molecule has 0 aliphatic carbocycles. The molecular formula is C16H23IN4S. The Morgan fingerprint density at radius 1 is 1.27 bits per heavy atom. The van der Waals surface area contributed by atoms with Crippen LogP contribution in [0.1, 0.15) is 28.1 Å². The first kappa shape index (κ1) is 18.9. The van der Waals surface area contributed by atoms with E-state index in [1.54, 1.807) is 11.3 Å². The van der Waals surface area contributed by atoms with Crippen molar-refractivity contribution < 1.29 is 0 Å². The molecule has 3 N–H and O–H groups in total. The van der Waals surface area contributed by atoms with Crippen LogP contribution in [-0.2, 0) is 12.8 Å². The van der Waals surface area contributed by atoms with Crippen LogP contribution in [-0.4, -0.2) is 17.5 Å². The van der Waals surface area contributed by atoms with Crippen LogP contribution in [0.4, 0.5) is 5.69 Å². The van der Waals surface area contributed by atoms with Gasteiger partial charge in [0.1, 0.15) is 0 Å². The molecule has 0 radical (unpaired) electrons. The molecule has 0 fully saturated rings. The van der Waals surface area contributed by atoms with Gasteiger partial charge in [-0.15, -0.1) is 35.3 Å². The predicted molar refractivity (Wildman–Crippen MR) is 107 cm³/mol. The standard InChI is InChI=1S/C16H22N4S.HI/c1-4-14-12(3)21-15(20-14)9-10-18-16(17)19-13-7-5-11(2)6-8-13;/h5-8H,4,9-10H2,1-3H3,(H3,17,18,19);1H. The molecule has 0 bridgehead atoms. The van der Waals surface area contributed by atoms with Crippen LogP contribution in [0.15, 0.2) is 29.3 Å². The highest BCUT2D eigenvalue weighted by Gasteiger charge is 2.05. The lowest BCUT2D eigenvalue weighted by atomic mass is 10.2. The number of nitrogens with zero attached hydrogens (tertiary/aromatic N) is 2. The van der Waals surface area contributed by atoms with Crippen molar-refractivity contribution in [2.24, 2.45) is 10.7 Å². The third kappa shape index (κ3) is 5.57. The number of benzene rings is 1. The van der Waals surface area contributed by atoms with Crippen molar-refractivity contribution in [3.63, 3.8) is 0 Å². The van der Waals surface area contributed by atoms with E-state index in [1.165, 1.54) is 16.1 Å². The molecule has 22 heavy (non-hydrogen) atoms. The monoisotopic (exact) mass is 430 g/mol. The SMILES string of the molecule is CCc1nc(CCN=C(N)Nc2ccc(C)cc2)sc1C.I. The zero-order chi connectivity index (χ0) is 15.2. The fraction of sp³-hybridized carbons (Fsp3) is 0.375. The van der Waals surface area contributed by atoms with E-state index in [2.05, 4.69) is 36.1 Å². The number of aromatic nitrogens is 1. The van der Waals surface area contributed by atoms with Crippen LogP contribution in [0.25, 0.3) is 0 Å². The molecule has 120 valence electrons. The Morgan fingerprint density at radius 3 is 2.55 bits per heavy atom. The summed E-state index contributed by atoms with van der Waals surface area (Å²) in [4.78, 5) is 10.3. The number of anilines is 1. The predicted octanol–water partition coefficient (Wildman–Crippen LogP) is 3.91. The third-order valence-electron chi connectivity index (χ3n) is 3.20. The maximum atomic E-state index is 5.89. The van der Waals surface area contributed by atoms with E-state index in [0.717, 1.165) is 23.5 Å². The first-order valence-electron chi connectivity index (χ1n) is 7.17. The zero-order valence-electron chi connectivity index (χ0n) is 13.2. The van der Waals surface area contributed by atoms with Crippen LogP contribution in [0, 0.1) is 13.8 Å². The van der Waals surface area contributed by atoms with Gasteiger partial charge >= 0.3 is 0 Å². The maximum absolute atomic E-state index is 5.89. The summed E-state index contributed by atoms with van der Waals surface area (Å²) in [6.45, 7) is 6.96. The van der Waals surface area contributed by atoms with E-state index in [9.17, 15) is 0 Å². The number of aliphatic imine (C=N–C) groups is 1. The van der Waals surface area contributed by atoms with E-state index >= 15 is 0 Å². The Labute approximate surface area is 153 Å². The third-order valence-corrected chi connectivity index (χ3v) is 4.28. The van der Waals surface area contributed by atoms with Crippen molar-refractivity contribution in [1.29, 1.82) is 0 Å². The lowest BCUT2D eigenvalue weighted by Gasteiger charge is -2.05. The van der Waals surface area contributed by atoms with Crippen molar-refractivity contribution in [2.75, 3.05) is 11.9 Å². The van der Waals surface area contributed by atoms with Crippen LogP contribution in [0.5, 0.6) is 0 Å². The Hall–Kier alpha value is -1.15. The summed E-state index contributed by atoms with van der Waals surface area (Å²) in [5.74, 6) is 0.447. The van der Waals surface area contributed by atoms with Gasteiger partial charge in [0.05, 0.1) is 10.7 Å². The molecule has 0 atom stereocenters. The van der Waals surface area contributed by atoms with Gasteiger partial charge in [-0.25, -0.2) is 4.98 Å². The normalized spacial score (nSPS) is 11.1. The number of thiazole rings is 1. The number of hydrogen-bond acceptors (Lipinski definition) is 3. The minimum Gasteiger partial charge on any atom is -0.370 e. The second kappa shape index (κ2) is 9.09. The average molecular weight is 430 g/mol. The van der Waals surface area contributed by atoms with Gasteiger partial charge in [0.2, 0.25) is 0 Å². The van der Waals surface area contributed by atoms with E-state index < -0.39 is 0 Å². The van der Waals surface area contributed by atoms with E-state index in [-0.39, 0.29) is 24.0 Å². The molecule has 1 aromatic heterocycles. The van der Waals surface area contributed by atoms with Crippen molar-refractivity contribution in [3.8, 4) is 0 Å². The molecule has 6 heteroatoms. The van der Waals surface area contributed by atoms with Crippen molar-refractivity contribution >= 4 is 47.0 Å². The molecule has 1 aromatic carbocycles. The summed E-state index contributed by atoms with van der Waals surface area (Å²) >= 11 is 1.75. The van der Waals surface area contributed by atoms with Gasteiger partial charge in [-0.1, -0.05) is 24.6 Å². The lowest BCUT2D eigenvalue weighted by molar-refractivity contribution is 0.925. The smallest absolute Gasteiger partial charge is 0.193 e. The van der Waals surface area contributed by atoms with Crippen LogP contribution in [0.3, 0.4) is 0 Å². The molecule has 0 spiro atoms. The molecule has 1 heterocycles. The molecular weight excluding hydrogens is 407 g/mol. The van der Waals surface area contributed by atoms with Gasteiger partial charge in [0, 0.05) is 23.5 Å². The molecule has 0 aliphatic heterocycles. The number of rotatable bonds is 5. The van der Waals surface area contributed by atoms with E-state index in [4.69, 9.17) is 5.73 Å². The maximum Gasteiger partial charge on any atom is 0.193 e. The molecule has 0 saturated heterocycles. The number of nitrogens with one attached hydrogen (secondary N) is 1. The Balaban J connectivity index is 0.00000242. The first-order chi connectivity index (χ1) is 10.1. The van der Waals surface area contributed by atoms with Gasteiger partial charge in [0.25, 0.3) is 0 Å². The lowest BCUT2D eigenvalue weighted by Crippen LogP contribution is -2.23. The number of guanidine groups is 1. The minimum absolute atomic E-state index is 0. The Morgan fingerprint density at radius 2 is 1.95 bits per heavy atom. The minimum atomic E-state index is 0. The second-order valence-electron chi connectivity index (χ2n) is 4.97. The van der Waals surface area contributed by atoms with Gasteiger partial charge in [-0.05, 0) is 32.4 Å². The van der Waals surface area contributed by atoms with E-state index in [0.29, 0.717) is 12.5 Å². The molecule has 4 nitrogen and oxygen atoms in total. The highest BCUT2D eigenvalue weighted by molar-refractivity contribution is 14.0. The molecule has 0 aliphatic rings. The fourth-order valence-corrected chi connectivity index (χ4v) is 3.03. The average Bonchev–Trinajstić information content (AvgIpc) is 2.81. The quantitative estimate of drug-likeness (QED) is 0.430. The first-order valence-corrected chi connectivity index (χ1v) is 7.99. The van der Waals surface area contributed by atoms with Crippen LogP contribution in [0.2, 0.25) is 0 Å². The van der Waals surface area contributed by atoms with Gasteiger partial charge in [0.15, 0.2) is 5.96 Å². The summed E-state index contributed by atoms with van der Waals surface area (Å²) in [6.07, 6.45) is 1.82. The highest BCUT2D eigenvalue weighted by Crippen LogP contribution is 2.18. The molecule has 0 amide bonds. The molecule has 0 unspecified atom stereocenters. The summed E-state index contributed by atoms with van der Waals surface area (Å²) < 4.78 is 0. The topological polar surface area (TPSA) is 63.3 Å². The van der Waals surface area contributed by atoms with Gasteiger partial charge < -0.3 is 11.1 Å².